The van der Waals surface area contributed by atoms with Crippen molar-refractivity contribution in [2.75, 3.05) is 6.54 Å². The van der Waals surface area contributed by atoms with E-state index in [4.69, 9.17) is 11.6 Å². The Labute approximate surface area is 95.6 Å². The lowest BCUT2D eigenvalue weighted by Gasteiger charge is -2.05. The number of hydrogen-bond donors (Lipinski definition) is 2. The Morgan fingerprint density at radius 2 is 2.27 bits per heavy atom. The van der Waals surface area contributed by atoms with Crippen molar-refractivity contribution in [3.05, 3.63) is 34.9 Å². The molecule has 0 amide bonds. The van der Waals surface area contributed by atoms with E-state index in [0.29, 0.717) is 11.1 Å². The molecular formula is C12H16ClNO. The summed E-state index contributed by atoms with van der Waals surface area (Å²) >= 11 is 5.79. The van der Waals surface area contributed by atoms with Crippen LogP contribution in [0.4, 0.5) is 0 Å². The highest BCUT2D eigenvalue weighted by atomic mass is 35.5. The summed E-state index contributed by atoms with van der Waals surface area (Å²) in [4.78, 5) is 0. The molecule has 0 aliphatic rings. The number of halogens is 1. The Hall–Kier alpha value is -0.990. The fourth-order valence-corrected chi connectivity index (χ4v) is 1.46. The molecule has 0 aliphatic heterocycles. The normalized spacial score (nSPS) is 13.3. The van der Waals surface area contributed by atoms with Crippen LogP contribution in [0.1, 0.15) is 19.4 Å². The highest BCUT2D eigenvalue weighted by Gasteiger charge is 1.98. The molecule has 1 rings (SSSR count). The zero-order valence-electron chi connectivity index (χ0n) is 9.00. The maximum Gasteiger partial charge on any atom is 0.134 e. The van der Waals surface area contributed by atoms with Gasteiger partial charge in [-0.15, -0.1) is 0 Å². The Balaban J connectivity index is 2.68. The fraction of sp³-hybridized carbons (Fsp3) is 0.333. The molecule has 1 unspecified atom stereocenters. The lowest BCUT2D eigenvalue weighted by Crippen LogP contribution is -2.22. The summed E-state index contributed by atoms with van der Waals surface area (Å²) in [6.45, 7) is 5.10. The second kappa shape index (κ2) is 5.79. The van der Waals surface area contributed by atoms with Gasteiger partial charge in [-0.2, -0.15) is 0 Å². The third-order valence-corrected chi connectivity index (χ3v) is 2.38. The van der Waals surface area contributed by atoms with E-state index >= 15 is 0 Å². The highest BCUT2D eigenvalue weighted by Crippen LogP contribution is 2.24. The predicted octanol–water partition coefficient (Wildman–Crippen LogP) is 3.06. The Bertz CT molecular complexity index is 349. The molecule has 0 spiro atoms. The van der Waals surface area contributed by atoms with Gasteiger partial charge < -0.3 is 10.4 Å². The van der Waals surface area contributed by atoms with Crippen LogP contribution < -0.4 is 5.32 Å². The molecule has 1 aromatic rings. The molecule has 0 aromatic heterocycles. The Kier molecular flexibility index (Phi) is 4.66. The number of phenols is 1. The van der Waals surface area contributed by atoms with Crippen LogP contribution in [0, 0.1) is 0 Å². The average Bonchev–Trinajstić information content (AvgIpc) is 2.20. The van der Waals surface area contributed by atoms with Crippen LogP contribution >= 0.6 is 11.6 Å². The van der Waals surface area contributed by atoms with E-state index in [-0.39, 0.29) is 5.75 Å². The molecule has 1 atom stereocenters. The maximum absolute atomic E-state index is 9.24. The largest absolute Gasteiger partial charge is 0.506 e. The number of hydrogen-bond acceptors (Lipinski definition) is 2. The van der Waals surface area contributed by atoms with Gasteiger partial charge in [-0.3, -0.25) is 0 Å². The van der Waals surface area contributed by atoms with E-state index in [0.717, 1.165) is 12.1 Å². The molecule has 1 aromatic carbocycles. The van der Waals surface area contributed by atoms with Gasteiger partial charge in [0.1, 0.15) is 5.75 Å². The first-order valence-electron chi connectivity index (χ1n) is 5.03. The van der Waals surface area contributed by atoms with E-state index in [1.165, 1.54) is 0 Å². The summed E-state index contributed by atoms with van der Waals surface area (Å²) < 4.78 is 0. The minimum atomic E-state index is 0.119. The molecule has 0 heterocycles. The van der Waals surface area contributed by atoms with E-state index < -0.39 is 0 Å². The second-order valence-corrected chi connectivity index (χ2v) is 3.82. The van der Waals surface area contributed by atoms with Gasteiger partial charge >= 0.3 is 0 Å². The molecule has 15 heavy (non-hydrogen) atoms. The van der Waals surface area contributed by atoms with Crippen molar-refractivity contribution in [1.29, 1.82) is 0 Å². The van der Waals surface area contributed by atoms with Gasteiger partial charge in [0.05, 0.1) is 5.02 Å². The SMILES string of the molecule is CCNC(C)/C=C/c1ccc(O)c(Cl)c1. The summed E-state index contributed by atoms with van der Waals surface area (Å²) in [5.74, 6) is 0.119. The molecule has 0 saturated heterocycles. The monoisotopic (exact) mass is 225 g/mol. The topological polar surface area (TPSA) is 32.3 Å². The number of aromatic hydroxyl groups is 1. The second-order valence-electron chi connectivity index (χ2n) is 3.42. The number of likely N-dealkylation sites (N-methyl/N-ethyl adjacent to an activating group) is 1. The molecule has 0 aliphatic carbocycles. The van der Waals surface area contributed by atoms with Gasteiger partial charge in [0.15, 0.2) is 0 Å². The third kappa shape index (κ3) is 3.94. The van der Waals surface area contributed by atoms with Gasteiger partial charge in [0, 0.05) is 6.04 Å². The molecule has 0 fully saturated rings. The van der Waals surface area contributed by atoms with Crippen LogP contribution in [0.5, 0.6) is 5.75 Å². The first-order valence-corrected chi connectivity index (χ1v) is 5.41. The zero-order chi connectivity index (χ0) is 11.3. The molecule has 82 valence electrons. The lowest BCUT2D eigenvalue weighted by molar-refractivity contribution is 0.475. The van der Waals surface area contributed by atoms with E-state index in [9.17, 15) is 5.11 Å². The summed E-state index contributed by atoms with van der Waals surface area (Å²) in [5, 5.41) is 12.9. The van der Waals surface area contributed by atoms with Crippen molar-refractivity contribution in [3.63, 3.8) is 0 Å². The lowest BCUT2D eigenvalue weighted by atomic mass is 10.1. The van der Waals surface area contributed by atoms with Crippen LogP contribution in [-0.2, 0) is 0 Å². The molecule has 2 N–H and O–H groups in total. The van der Waals surface area contributed by atoms with Gasteiger partial charge in [-0.25, -0.2) is 0 Å². The standard InChI is InChI=1S/C12H16ClNO/c1-3-14-9(2)4-5-10-6-7-12(15)11(13)8-10/h4-9,14-15H,3H2,1-2H3/b5-4+. The minimum absolute atomic E-state index is 0.119. The third-order valence-electron chi connectivity index (χ3n) is 2.08. The summed E-state index contributed by atoms with van der Waals surface area (Å²) in [7, 11) is 0. The van der Waals surface area contributed by atoms with Crippen LogP contribution in [0.3, 0.4) is 0 Å². The Morgan fingerprint density at radius 3 is 2.87 bits per heavy atom. The first kappa shape index (κ1) is 12.1. The summed E-state index contributed by atoms with van der Waals surface area (Å²) in [6.07, 6.45) is 4.05. The molecule has 0 saturated carbocycles. The van der Waals surface area contributed by atoms with Crippen molar-refractivity contribution in [1.82, 2.24) is 5.32 Å². The average molecular weight is 226 g/mol. The van der Waals surface area contributed by atoms with E-state index in [1.54, 1.807) is 12.1 Å². The first-order chi connectivity index (χ1) is 7.13. The van der Waals surface area contributed by atoms with Gasteiger partial charge in [0.25, 0.3) is 0 Å². The predicted molar refractivity (Wildman–Crippen MR) is 65.3 cm³/mol. The van der Waals surface area contributed by atoms with Crippen molar-refractivity contribution in [3.8, 4) is 5.75 Å². The smallest absolute Gasteiger partial charge is 0.134 e. The van der Waals surface area contributed by atoms with Gasteiger partial charge in [0.2, 0.25) is 0 Å². The fourth-order valence-electron chi connectivity index (χ4n) is 1.27. The van der Waals surface area contributed by atoms with Gasteiger partial charge in [-0.05, 0) is 31.2 Å². The van der Waals surface area contributed by atoms with Gasteiger partial charge in [-0.1, -0.05) is 36.7 Å². The van der Waals surface area contributed by atoms with Crippen molar-refractivity contribution < 1.29 is 5.11 Å². The maximum atomic E-state index is 9.24. The van der Waals surface area contributed by atoms with Crippen LogP contribution in [-0.4, -0.2) is 17.7 Å². The van der Waals surface area contributed by atoms with Crippen LogP contribution in [0.2, 0.25) is 5.02 Å². The van der Waals surface area contributed by atoms with Crippen LogP contribution in [0.15, 0.2) is 24.3 Å². The molecule has 0 bridgehead atoms. The van der Waals surface area contributed by atoms with Crippen molar-refractivity contribution in [2.45, 2.75) is 19.9 Å². The summed E-state index contributed by atoms with van der Waals surface area (Å²) in [5.41, 5.74) is 0.988. The minimum Gasteiger partial charge on any atom is -0.506 e. The van der Waals surface area contributed by atoms with Crippen molar-refractivity contribution >= 4 is 17.7 Å². The number of phenolic OH excluding ortho intramolecular Hbond substituents is 1. The molecule has 2 nitrogen and oxygen atoms in total. The molecule has 3 heteroatoms. The highest BCUT2D eigenvalue weighted by molar-refractivity contribution is 6.32. The molecular weight excluding hydrogens is 210 g/mol. The van der Waals surface area contributed by atoms with E-state index in [1.807, 2.05) is 12.1 Å². The quantitative estimate of drug-likeness (QED) is 0.826. The van der Waals surface area contributed by atoms with E-state index in [2.05, 4.69) is 25.2 Å². The Morgan fingerprint density at radius 1 is 1.53 bits per heavy atom. The van der Waals surface area contributed by atoms with Crippen LogP contribution in [0.25, 0.3) is 6.08 Å². The molecule has 0 radical (unpaired) electrons. The van der Waals surface area contributed by atoms with Crippen molar-refractivity contribution in [2.24, 2.45) is 0 Å². The summed E-state index contributed by atoms with van der Waals surface area (Å²) in [6, 6.07) is 5.50. The number of nitrogens with one attached hydrogen (secondary N) is 1. The zero-order valence-corrected chi connectivity index (χ0v) is 9.75. The number of rotatable bonds is 4. The number of benzene rings is 1.